The van der Waals surface area contributed by atoms with Gasteiger partial charge in [0.1, 0.15) is 5.75 Å². The molecule has 2 aromatic rings. The zero-order chi connectivity index (χ0) is 13.7. The lowest BCUT2D eigenvalue weighted by atomic mass is 10.2. The fourth-order valence-electron chi connectivity index (χ4n) is 2.03. The predicted molar refractivity (Wildman–Crippen MR) is 84.9 cm³/mol. The zero-order valence-corrected chi connectivity index (χ0v) is 13.6. The van der Waals surface area contributed by atoms with E-state index in [9.17, 15) is 0 Å². The number of thiophene rings is 1. The summed E-state index contributed by atoms with van der Waals surface area (Å²) in [4.78, 5) is 1.43. The molecule has 0 saturated heterocycles. The third kappa shape index (κ3) is 3.81. The average molecular weight is 340 g/mol. The number of hydrogen-bond acceptors (Lipinski definition) is 3. The van der Waals surface area contributed by atoms with Crippen LogP contribution in [-0.4, -0.2) is 7.11 Å². The summed E-state index contributed by atoms with van der Waals surface area (Å²) in [5.74, 6) is 0.928. The highest BCUT2D eigenvalue weighted by atomic mass is 79.9. The van der Waals surface area contributed by atoms with Gasteiger partial charge in [-0.15, -0.1) is 11.3 Å². The van der Waals surface area contributed by atoms with Gasteiger partial charge in [0.15, 0.2) is 0 Å². The van der Waals surface area contributed by atoms with E-state index in [1.54, 1.807) is 7.11 Å². The van der Waals surface area contributed by atoms with Crippen molar-refractivity contribution in [2.45, 2.75) is 26.4 Å². The van der Waals surface area contributed by atoms with Crippen molar-refractivity contribution in [3.8, 4) is 5.75 Å². The number of hydrogen-bond donors (Lipinski definition) is 1. The van der Waals surface area contributed by atoms with Crippen molar-refractivity contribution in [2.24, 2.45) is 0 Å². The normalized spacial score (nSPS) is 10.7. The lowest BCUT2D eigenvalue weighted by molar-refractivity contribution is 0.407. The van der Waals surface area contributed by atoms with Crippen LogP contribution in [0.25, 0.3) is 0 Å². The van der Waals surface area contributed by atoms with E-state index in [2.05, 4.69) is 45.7 Å². The molecule has 19 heavy (non-hydrogen) atoms. The largest absolute Gasteiger partial charge is 0.496 e. The summed E-state index contributed by atoms with van der Waals surface area (Å²) in [6.45, 7) is 3.92. The summed E-state index contributed by atoms with van der Waals surface area (Å²) in [5, 5.41) is 5.65. The van der Waals surface area contributed by atoms with Crippen molar-refractivity contribution >= 4 is 27.3 Å². The van der Waals surface area contributed by atoms with E-state index in [0.29, 0.717) is 0 Å². The molecule has 1 aromatic heterocycles. The van der Waals surface area contributed by atoms with Gasteiger partial charge in [-0.05, 0) is 41.6 Å². The zero-order valence-electron chi connectivity index (χ0n) is 11.2. The van der Waals surface area contributed by atoms with Crippen LogP contribution in [0.5, 0.6) is 5.75 Å². The molecular formula is C15H18BrNOS. The van der Waals surface area contributed by atoms with E-state index in [1.807, 2.05) is 23.5 Å². The highest BCUT2D eigenvalue weighted by Gasteiger charge is 2.05. The third-order valence-electron chi connectivity index (χ3n) is 3.06. The van der Waals surface area contributed by atoms with Crippen molar-refractivity contribution < 1.29 is 4.74 Å². The Morgan fingerprint density at radius 2 is 2.05 bits per heavy atom. The minimum absolute atomic E-state index is 0.809. The fraction of sp³-hybridized carbons (Fsp3) is 0.333. The van der Waals surface area contributed by atoms with Crippen molar-refractivity contribution in [3.05, 3.63) is 50.1 Å². The lowest BCUT2D eigenvalue weighted by Crippen LogP contribution is -2.13. The molecule has 0 spiro atoms. The Kier molecular flexibility index (Phi) is 5.43. The molecule has 0 aliphatic heterocycles. The van der Waals surface area contributed by atoms with Gasteiger partial charge in [0.05, 0.1) is 7.11 Å². The van der Waals surface area contributed by atoms with E-state index in [1.165, 1.54) is 16.0 Å². The van der Waals surface area contributed by atoms with Gasteiger partial charge in [0, 0.05) is 28.0 Å². The van der Waals surface area contributed by atoms with E-state index < -0.39 is 0 Å². The predicted octanol–water partition coefficient (Wildman–Crippen LogP) is 4.37. The molecule has 0 atom stereocenters. The SMILES string of the molecule is CCc1ccsc1CNCc1cc(Br)ccc1OC. The van der Waals surface area contributed by atoms with Crippen molar-refractivity contribution in [3.63, 3.8) is 0 Å². The lowest BCUT2D eigenvalue weighted by Gasteiger charge is -2.10. The van der Waals surface area contributed by atoms with Crippen molar-refractivity contribution in [1.29, 1.82) is 0 Å². The number of halogens is 1. The number of benzene rings is 1. The molecule has 0 saturated carbocycles. The Morgan fingerprint density at radius 1 is 1.21 bits per heavy atom. The van der Waals surface area contributed by atoms with Gasteiger partial charge in [-0.3, -0.25) is 0 Å². The number of methoxy groups -OCH3 is 1. The first kappa shape index (κ1) is 14.6. The van der Waals surface area contributed by atoms with Crippen LogP contribution < -0.4 is 10.1 Å². The summed E-state index contributed by atoms with van der Waals surface area (Å²) < 4.78 is 6.45. The Bertz CT molecular complexity index is 539. The average Bonchev–Trinajstić information content (AvgIpc) is 2.86. The van der Waals surface area contributed by atoms with Gasteiger partial charge >= 0.3 is 0 Å². The number of aryl methyl sites for hydroxylation is 1. The van der Waals surface area contributed by atoms with Gasteiger partial charge in [0.25, 0.3) is 0 Å². The summed E-state index contributed by atoms with van der Waals surface area (Å²) in [5.41, 5.74) is 2.62. The van der Waals surface area contributed by atoms with Gasteiger partial charge in [-0.25, -0.2) is 0 Å². The fourth-order valence-corrected chi connectivity index (χ4v) is 3.39. The maximum atomic E-state index is 5.37. The van der Waals surface area contributed by atoms with Gasteiger partial charge in [-0.1, -0.05) is 22.9 Å². The minimum atomic E-state index is 0.809. The second-order valence-electron chi connectivity index (χ2n) is 4.28. The number of nitrogens with one attached hydrogen (secondary N) is 1. The highest BCUT2D eigenvalue weighted by molar-refractivity contribution is 9.10. The molecule has 0 unspecified atom stereocenters. The highest BCUT2D eigenvalue weighted by Crippen LogP contribution is 2.23. The second kappa shape index (κ2) is 7.08. The first-order valence-electron chi connectivity index (χ1n) is 6.33. The first-order valence-corrected chi connectivity index (χ1v) is 8.00. The smallest absolute Gasteiger partial charge is 0.123 e. The molecule has 102 valence electrons. The molecule has 0 radical (unpaired) electrons. The van der Waals surface area contributed by atoms with E-state index in [-0.39, 0.29) is 0 Å². The first-order chi connectivity index (χ1) is 9.24. The summed E-state index contributed by atoms with van der Waals surface area (Å²) in [6, 6.07) is 8.29. The summed E-state index contributed by atoms with van der Waals surface area (Å²) in [7, 11) is 1.71. The van der Waals surface area contributed by atoms with Crippen LogP contribution in [0.2, 0.25) is 0 Å². The summed E-state index contributed by atoms with van der Waals surface area (Å²) in [6.07, 6.45) is 1.10. The van der Waals surface area contributed by atoms with Gasteiger partial charge < -0.3 is 10.1 Å². The molecular weight excluding hydrogens is 322 g/mol. The Hall–Kier alpha value is -0.840. The van der Waals surface area contributed by atoms with E-state index in [0.717, 1.165) is 29.7 Å². The second-order valence-corrected chi connectivity index (χ2v) is 6.20. The standard InChI is InChI=1S/C15H18BrNOS/c1-3-11-6-7-19-15(11)10-17-9-12-8-13(16)4-5-14(12)18-2/h4-8,17H,3,9-10H2,1-2H3. The summed E-state index contributed by atoms with van der Waals surface area (Å²) >= 11 is 5.32. The van der Waals surface area contributed by atoms with E-state index in [4.69, 9.17) is 4.74 Å². The van der Waals surface area contributed by atoms with Crippen molar-refractivity contribution in [2.75, 3.05) is 7.11 Å². The molecule has 0 aliphatic rings. The van der Waals surface area contributed by atoms with Gasteiger partial charge in [0.2, 0.25) is 0 Å². The molecule has 1 N–H and O–H groups in total. The Morgan fingerprint density at radius 3 is 2.79 bits per heavy atom. The van der Waals surface area contributed by atoms with Crippen LogP contribution in [0.4, 0.5) is 0 Å². The number of ether oxygens (including phenoxy) is 1. The van der Waals surface area contributed by atoms with Crippen molar-refractivity contribution in [1.82, 2.24) is 5.32 Å². The molecule has 1 heterocycles. The molecule has 0 aliphatic carbocycles. The van der Waals surface area contributed by atoms with Crippen LogP contribution in [0, 0.1) is 0 Å². The van der Waals surface area contributed by atoms with Crippen LogP contribution in [-0.2, 0) is 19.5 Å². The molecule has 4 heteroatoms. The van der Waals surface area contributed by atoms with Crippen LogP contribution >= 0.6 is 27.3 Å². The van der Waals surface area contributed by atoms with Crippen LogP contribution in [0.15, 0.2) is 34.1 Å². The Labute approximate surface area is 126 Å². The van der Waals surface area contributed by atoms with E-state index >= 15 is 0 Å². The Balaban J connectivity index is 1.97. The maximum Gasteiger partial charge on any atom is 0.123 e. The van der Waals surface area contributed by atoms with Crippen LogP contribution in [0.3, 0.4) is 0 Å². The maximum absolute atomic E-state index is 5.37. The molecule has 2 nitrogen and oxygen atoms in total. The molecule has 1 aromatic carbocycles. The quantitative estimate of drug-likeness (QED) is 0.843. The third-order valence-corrected chi connectivity index (χ3v) is 4.52. The molecule has 2 rings (SSSR count). The molecule has 0 fully saturated rings. The molecule has 0 bridgehead atoms. The van der Waals surface area contributed by atoms with Crippen LogP contribution in [0.1, 0.15) is 22.9 Å². The monoisotopic (exact) mass is 339 g/mol. The van der Waals surface area contributed by atoms with Gasteiger partial charge in [-0.2, -0.15) is 0 Å². The minimum Gasteiger partial charge on any atom is -0.496 e. The molecule has 0 amide bonds. The topological polar surface area (TPSA) is 21.3 Å². The number of rotatable bonds is 6.